The highest BCUT2D eigenvalue weighted by molar-refractivity contribution is 5.98. The fourth-order valence-corrected chi connectivity index (χ4v) is 2.48. The standard InChI is InChI=1S/C21H24N2O3/c1-15-8-10-19(16(2)12-15)22-20(24)14-23(3)21(25)11-9-17-6-5-7-18(13-17)26-4/h5-13H,14H2,1-4H3,(H,22,24)/b11-9+. The van der Waals surface area contributed by atoms with Gasteiger partial charge < -0.3 is 15.0 Å². The third kappa shape index (κ3) is 5.48. The third-order valence-electron chi connectivity index (χ3n) is 3.93. The van der Waals surface area contributed by atoms with Crippen molar-refractivity contribution in [3.63, 3.8) is 0 Å². The first-order chi connectivity index (χ1) is 12.4. The molecule has 0 aliphatic carbocycles. The highest BCUT2D eigenvalue weighted by atomic mass is 16.5. The first-order valence-electron chi connectivity index (χ1n) is 8.33. The summed E-state index contributed by atoms with van der Waals surface area (Å²) in [5.41, 5.74) is 3.74. The minimum absolute atomic E-state index is 0.0192. The second-order valence-corrected chi connectivity index (χ2v) is 6.17. The van der Waals surface area contributed by atoms with E-state index in [0.717, 1.165) is 28.1 Å². The van der Waals surface area contributed by atoms with Crippen LogP contribution in [0.2, 0.25) is 0 Å². The molecule has 0 saturated carbocycles. The molecule has 0 atom stereocenters. The Hall–Kier alpha value is -3.08. The zero-order chi connectivity index (χ0) is 19.1. The second-order valence-electron chi connectivity index (χ2n) is 6.17. The Labute approximate surface area is 154 Å². The van der Waals surface area contributed by atoms with Crippen LogP contribution in [0.25, 0.3) is 6.08 Å². The number of nitrogens with zero attached hydrogens (tertiary/aromatic N) is 1. The van der Waals surface area contributed by atoms with Crippen LogP contribution in [0.15, 0.2) is 48.5 Å². The van der Waals surface area contributed by atoms with E-state index in [4.69, 9.17) is 4.74 Å². The molecule has 0 heterocycles. The molecule has 0 radical (unpaired) electrons. The van der Waals surface area contributed by atoms with Crippen molar-refractivity contribution in [2.75, 3.05) is 26.0 Å². The average molecular weight is 352 g/mol. The van der Waals surface area contributed by atoms with Crippen molar-refractivity contribution < 1.29 is 14.3 Å². The number of methoxy groups -OCH3 is 1. The molecular weight excluding hydrogens is 328 g/mol. The molecule has 0 saturated heterocycles. The van der Waals surface area contributed by atoms with Gasteiger partial charge in [0.25, 0.3) is 0 Å². The number of carbonyl (C=O) groups excluding carboxylic acids is 2. The minimum Gasteiger partial charge on any atom is -0.497 e. The molecule has 0 bridgehead atoms. The summed E-state index contributed by atoms with van der Waals surface area (Å²) in [6.07, 6.45) is 3.14. The van der Waals surface area contributed by atoms with Gasteiger partial charge in [0.05, 0.1) is 13.7 Å². The van der Waals surface area contributed by atoms with Crippen LogP contribution < -0.4 is 10.1 Å². The largest absolute Gasteiger partial charge is 0.497 e. The second kappa shape index (κ2) is 8.85. The van der Waals surface area contributed by atoms with Gasteiger partial charge in [-0.15, -0.1) is 0 Å². The number of carbonyl (C=O) groups is 2. The van der Waals surface area contributed by atoms with E-state index in [2.05, 4.69) is 5.32 Å². The lowest BCUT2D eigenvalue weighted by molar-refractivity contribution is -0.129. The Kier molecular flexibility index (Phi) is 6.55. The van der Waals surface area contributed by atoms with Gasteiger partial charge >= 0.3 is 0 Å². The lowest BCUT2D eigenvalue weighted by atomic mass is 10.1. The molecule has 0 unspecified atom stereocenters. The van der Waals surface area contributed by atoms with Crippen molar-refractivity contribution in [3.8, 4) is 5.75 Å². The summed E-state index contributed by atoms with van der Waals surface area (Å²) in [6.45, 7) is 3.92. The van der Waals surface area contributed by atoms with E-state index >= 15 is 0 Å². The molecule has 2 rings (SSSR count). The molecule has 1 N–H and O–H groups in total. The Morgan fingerprint density at radius 1 is 1.15 bits per heavy atom. The molecule has 0 fully saturated rings. The number of aryl methyl sites for hydroxylation is 2. The number of nitrogens with one attached hydrogen (secondary N) is 1. The van der Waals surface area contributed by atoms with Gasteiger partial charge in [-0.3, -0.25) is 9.59 Å². The van der Waals surface area contributed by atoms with Crippen molar-refractivity contribution in [1.29, 1.82) is 0 Å². The molecule has 26 heavy (non-hydrogen) atoms. The number of anilines is 1. The third-order valence-corrected chi connectivity index (χ3v) is 3.93. The van der Waals surface area contributed by atoms with Crippen LogP contribution in [0.5, 0.6) is 5.75 Å². The first-order valence-corrected chi connectivity index (χ1v) is 8.33. The molecule has 2 aromatic rings. The van der Waals surface area contributed by atoms with E-state index in [0.29, 0.717) is 0 Å². The summed E-state index contributed by atoms with van der Waals surface area (Å²) in [5.74, 6) is 0.243. The zero-order valence-corrected chi connectivity index (χ0v) is 15.6. The van der Waals surface area contributed by atoms with Gasteiger partial charge in [0.1, 0.15) is 5.75 Å². The number of rotatable bonds is 6. The molecule has 2 amide bonds. The topological polar surface area (TPSA) is 58.6 Å². The number of ether oxygens (including phenoxy) is 1. The van der Waals surface area contributed by atoms with Gasteiger partial charge in [-0.25, -0.2) is 0 Å². The number of hydrogen-bond donors (Lipinski definition) is 1. The molecule has 2 aromatic carbocycles. The summed E-state index contributed by atoms with van der Waals surface area (Å²) >= 11 is 0. The van der Waals surface area contributed by atoms with Gasteiger partial charge in [0.15, 0.2) is 0 Å². The van der Waals surface area contributed by atoms with Crippen LogP contribution in [0.3, 0.4) is 0 Å². The van der Waals surface area contributed by atoms with Crippen LogP contribution in [-0.4, -0.2) is 37.4 Å². The monoisotopic (exact) mass is 352 g/mol. The summed E-state index contributed by atoms with van der Waals surface area (Å²) in [7, 11) is 3.19. The predicted molar refractivity (Wildman–Crippen MR) is 104 cm³/mol. The first kappa shape index (κ1) is 19.2. The van der Waals surface area contributed by atoms with Crippen LogP contribution in [0, 0.1) is 13.8 Å². The highest BCUT2D eigenvalue weighted by Gasteiger charge is 2.11. The minimum atomic E-state index is -0.247. The lowest BCUT2D eigenvalue weighted by Gasteiger charge is -2.16. The van der Waals surface area contributed by atoms with Crippen molar-refractivity contribution in [1.82, 2.24) is 4.90 Å². The molecule has 5 nitrogen and oxygen atoms in total. The SMILES string of the molecule is COc1cccc(/C=C/C(=O)N(C)CC(=O)Nc2ccc(C)cc2C)c1. The molecule has 136 valence electrons. The van der Waals surface area contributed by atoms with E-state index in [1.54, 1.807) is 20.2 Å². The normalized spacial score (nSPS) is 10.6. The van der Waals surface area contributed by atoms with Gasteiger partial charge in [0, 0.05) is 18.8 Å². The number of benzene rings is 2. The Morgan fingerprint density at radius 2 is 1.92 bits per heavy atom. The van der Waals surface area contributed by atoms with E-state index in [9.17, 15) is 9.59 Å². The predicted octanol–water partition coefficient (Wildman–Crippen LogP) is 3.42. The molecule has 0 spiro atoms. The summed E-state index contributed by atoms with van der Waals surface area (Å²) < 4.78 is 5.15. The fourth-order valence-electron chi connectivity index (χ4n) is 2.48. The van der Waals surface area contributed by atoms with E-state index < -0.39 is 0 Å². The molecular formula is C21H24N2O3. The molecule has 0 aliphatic heterocycles. The van der Waals surface area contributed by atoms with Crippen LogP contribution >= 0.6 is 0 Å². The molecule has 0 aliphatic rings. The van der Waals surface area contributed by atoms with Crippen LogP contribution in [-0.2, 0) is 9.59 Å². The zero-order valence-electron chi connectivity index (χ0n) is 15.6. The average Bonchev–Trinajstić information content (AvgIpc) is 2.62. The quantitative estimate of drug-likeness (QED) is 0.811. The van der Waals surface area contributed by atoms with Gasteiger partial charge in [-0.05, 0) is 49.2 Å². The van der Waals surface area contributed by atoms with Crippen molar-refractivity contribution >= 4 is 23.6 Å². The number of amides is 2. The van der Waals surface area contributed by atoms with Crippen molar-refractivity contribution in [2.24, 2.45) is 0 Å². The number of hydrogen-bond acceptors (Lipinski definition) is 3. The summed E-state index contributed by atoms with van der Waals surface area (Å²) in [4.78, 5) is 25.7. The molecule has 5 heteroatoms. The van der Waals surface area contributed by atoms with E-state index in [-0.39, 0.29) is 18.4 Å². The van der Waals surface area contributed by atoms with Crippen molar-refractivity contribution in [3.05, 3.63) is 65.2 Å². The van der Waals surface area contributed by atoms with Gasteiger partial charge in [-0.2, -0.15) is 0 Å². The smallest absolute Gasteiger partial charge is 0.246 e. The lowest BCUT2D eigenvalue weighted by Crippen LogP contribution is -2.34. The maximum Gasteiger partial charge on any atom is 0.246 e. The van der Waals surface area contributed by atoms with Crippen LogP contribution in [0.4, 0.5) is 5.69 Å². The van der Waals surface area contributed by atoms with Gasteiger partial charge in [0.2, 0.25) is 11.8 Å². The Balaban J connectivity index is 1.93. The molecule has 0 aromatic heterocycles. The Bertz CT molecular complexity index is 828. The highest BCUT2D eigenvalue weighted by Crippen LogP contribution is 2.16. The van der Waals surface area contributed by atoms with Gasteiger partial charge in [-0.1, -0.05) is 29.8 Å². The van der Waals surface area contributed by atoms with E-state index in [1.807, 2.05) is 56.3 Å². The van der Waals surface area contributed by atoms with Crippen LogP contribution in [0.1, 0.15) is 16.7 Å². The summed E-state index contributed by atoms with van der Waals surface area (Å²) in [6, 6.07) is 13.2. The number of likely N-dealkylation sites (N-methyl/N-ethyl adjacent to an activating group) is 1. The van der Waals surface area contributed by atoms with E-state index in [1.165, 1.54) is 11.0 Å². The summed E-state index contributed by atoms with van der Waals surface area (Å²) in [5, 5.41) is 2.84. The van der Waals surface area contributed by atoms with Crippen molar-refractivity contribution in [2.45, 2.75) is 13.8 Å². The Morgan fingerprint density at radius 3 is 2.62 bits per heavy atom. The fraction of sp³-hybridized carbons (Fsp3) is 0.238. The maximum absolute atomic E-state index is 12.2. The maximum atomic E-state index is 12.2.